The van der Waals surface area contributed by atoms with Crippen molar-refractivity contribution < 1.29 is 9.84 Å². The minimum Gasteiger partial charge on any atom is -0.490 e. The van der Waals surface area contributed by atoms with Gasteiger partial charge in [-0.15, -0.1) is 0 Å². The number of rotatable bonds is 4. The van der Waals surface area contributed by atoms with Crippen LogP contribution in [0.4, 0.5) is 0 Å². The first-order valence-electron chi connectivity index (χ1n) is 7.16. The summed E-state index contributed by atoms with van der Waals surface area (Å²) < 4.78 is 5.99. The number of aliphatic hydroxyl groups is 1. The average molecular weight is 248 g/mol. The summed E-state index contributed by atoms with van der Waals surface area (Å²) in [6.07, 6.45) is 5.37. The molecule has 2 nitrogen and oxygen atoms in total. The van der Waals surface area contributed by atoms with Crippen LogP contribution in [0.3, 0.4) is 0 Å². The molecule has 1 aliphatic rings. The van der Waals surface area contributed by atoms with Gasteiger partial charge in [0.25, 0.3) is 0 Å². The Hall–Kier alpha value is -1.02. The predicted molar refractivity (Wildman–Crippen MR) is 74.0 cm³/mol. The van der Waals surface area contributed by atoms with Gasteiger partial charge in [-0.05, 0) is 37.8 Å². The van der Waals surface area contributed by atoms with E-state index in [1.165, 1.54) is 12.0 Å². The van der Waals surface area contributed by atoms with Gasteiger partial charge in [-0.25, -0.2) is 0 Å². The lowest BCUT2D eigenvalue weighted by molar-refractivity contribution is 0.103. The zero-order valence-electron chi connectivity index (χ0n) is 11.4. The molecule has 0 aliphatic heterocycles. The molecule has 1 aromatic carbocycles. The Kier molecular flexibility index (Phi) is 4.65. The van der Waals surface area contributed by atoms with Gasteiger partial charge >= 0.3 is 0 Å². The van der Waals surface area contributed by atoms with Crippen LogP contribution in [0.1, 0.15) is 57.4 Å². The van der Waals surface area contributed by atoms with Crippen LogP contribution in [0.2, 0.25) is 0 Å². The van der Waals surface area contributed by atoms with Crippen molar-refractivity contribution >= 4 is 0 Å². The number of hydrogen-bond acceptors (Lipinski definition) is 2. The molecule has 1 saturated carbocycles. The fraction of sp³-hybridized carbons (Fsp3) is 0.625. The average Bonchev–Trinajstić information content (AvgIpc) is 2.40. The van der Waals surface area contributed by atoms with Crippen LogP contribution >= 0.6 is 0 Å². The van der Waals surface area contributed by atoms with Crippen molar-refractivity contribution in [1.82, 2.24) is 0 Å². The molecule has 0 heterocycles. The quantitative estimate of drug-likeness (QED) is 0.876. The van der Waals surface area contributed by atoms with Gasteiger partial charge in [0.1, 0.15) is 5.75 Å². The van der Waals surface area contributed by atoms with Crippen molar-refractivity contribution in [1.29, 1.82) is 0 Å². The standard InChI is InChI=1S/C16H24O2/c1-3-12(2)18-16-11-7-5-9-14(16)13-8-4-6-10-15(13)17/h5,7,9,11-13,15,17H,3-4,6,8,10H2,1-2H3/t12?,13-,15+/m1/s1. The normalized spacial score (nSPS) is 25.7. The third-order valence-electron chi connectivity index (χ3n) is 3.95. The van der Waals surface area contributed by atoms with Crippen molar-refractivity contribution in [3.05, 3.63) is 29.8 Å². The molecule has 2 rings (SSSR count). The van der Waals surface area contributed by atoms with Gasteiger partial charge in [-0.3, -0.25) is 0 Å². The molecular weight excluding hydrogens is 224 g/mol. The van der Waals surface area contributed by atoms with Crippen LogP contribution in [-0.4, -0.2) is 17.3 Å². The lowest BCUT2D eigenvalue weighted by Crippen LogP contribution is -2.23. The lowest BCUT2D eigenvalue weighted by atomic mass is 9.81. The molecule has 18 heavy (non-hydrogen) atoms. The van der Waals surface area contributed by atoms with Crippen LogP contribution in [0.5, 0.6) is 5.75 Å². The van der Waals surface area contributed by atoms with E-state index in [9.17, 15) is 5.11 Å². The Labute approximate surface area is 110 Å². The van der Waals surface area contributed by atoms with E-state index in [1.807, 2.05) is 18.2 Å². The number of ether oxygens (including phenoxy) is 1. The van der Waals surface area contributed by atoms with E-state index in [2.05, 4.69) is 19.9 Å². The SMILES string of the molecule is CCC(C)Oc1ccccc1[C@H]1CCCC[C@@H]1O. The Bertz CT molecular complexity index is 375. The predicted octanol–water partition coefficient (Wildman–Crippen LogP) is 3.88. The van der Waals surface area contributed by atoms with Crippen molar-refractivity contribution in [3.8, 4) is 5.75 Å². The summed E-state index contributed by atoms with van der Waals surface area (Å²) in [6.45, 7) is 4.22. The van der Waals surface area contributed by atoms with E-state index in [1.54, 1.807) is 0 Å². The zero-order valence-corrected chi connectivity index (χ0v) is 11.4. The largest absolute Gasteiger partial charge is 0.490 e. The Morgan fingerprint density at radius 2 is 2.00 bits per heavy atom. The van der Waals surface area contributed by atoms with Gasteiger partial charge in [0.05, 0.1) is 12.2 Å². The topological polar surface area (TPSA) is 29.5 Å². The van der Waals surface area contributed by atoms with Crippen LogP contribution < -0.4 is 4.74 Å². The first kappa shape index (κ1) is 13.4. The van der Waals surface area contributed by atoms with Gasteiger partial charge in [0.2, 0.25) is 0 Å². The summed E-state index contributed by atoms with van der Waals surface area (Å²) in [5.74, 6) is 1.21. The zero-order chi connectivity index (χ0) is 13.0. The highest BCUT2D eigenvalue weighted by Crippen LogP contribution is 2.37. The van der Waals surface area contributed by atoms with Crippen LogP contribution in [-0.2, 0) is 0 Å². The Morgan fingerprint density at radius 1 is 1.28 bits per heavy atom. The van der Waals surface area contributed by atoms with E-state index < -0.39 is 0 Å². The molecule has 2 heteroatoms. The minimum atomic E-state index is -0.208. The van der Waals surface area contributed by atoms with Crippen molar-refractivity contribution in [2.45, 2.75) is 64.1 Å². The Balaban J connectivity index is 2.20. The van der Waals surface area contributed by atoms with Gasteiger partial charge in [0.15, 0.2) is 0 Å². The molecule has 1 N–H and O–H groups in total. The van der Waals surface area contributed by atoms with Gasteiger partial charge in [-0.1, -0.05) is 38.0 Å². The van der Waals surface area contributed by atoms with Gasteiger partial charge in [-0.2, -0.15) is 0 Å². The van der Waals surface area contributed by atoms with E-state index in [4.69, 9.17) is 4.74 Å². The number of hydrogen-bond donors (Lipinski definition) is 1. The second-order valence-electron chi connectivity index (χ2n) is 5.33. The molecule has 1 aliphatic carbocycles. The highest BCUT2D eigenvalue weighted by Gasteiger charge is 2.27. The molecule has 0 aromatic heterocycles. The fourth-order valence-corrected chi connectivity index (χ4v) is 2.67. The van der Waals surface area contributed by atoms with Gasteiger partial charge < -0.3 is 9.84 Å². The molecule has 0 amide bonds. The Morgan fingerprint density at radius 3 is 2.72 bits per heavy atom. The first-order chi connectivity index (χ1) is 8.72. The number of aliphatic hydroxyl groups excluding tert-OH is 1. The molecule has 0 spiro atoms. The summed E-state index contributed by atoms with van der Waals surface area (Å²) in [5.41, 5.74) is 1.19. The second-order valence-corrected chi connectivity index (χ2v) is 5.33. The third-order valence-corrected chi connectivity index (χ3v) is 3.95. The molecular formula is C16H24O2. The van der Waals surface area contributed by atoms with Crippen LogP contribution in [0.25, 0.3) is 0 Å². The van der Waals surface area contributed by atoms with E-state index in [0.29, 0.717) is 0 Å². The first-order valence-corrected chi connectivity index (χ1v) is 7.16. The fourth-order valence-electron chi connectivity index (χ4n) is 2.67. The molecule has 1 aromatic rings. The van der Waals surface area contributed by atoms with Gasteiger partial charge in [0, 0.05) is 5.92 Å². The molecule has 1 unspecified atom stereocenters. The van der Waals surface area contributed by atoms with E-state index >= 15 is 0 Å². The summed E-state index contributed by atoms with van der Waals surface area (Å²) >= 11 is 0. The van der Waals surface area contributed by atoms with E-state index in [-0.39, 0.29) is 18.1 Å². The van der Waals surface area contributed by atoms with Crippen LogP contribution in [0.15, 0.2) is 24.3 Å². The maximum absolute atomic E-state index is 10.2. The highest BCUT2D eigenvalue weighted by molar-refractivity contribution is 5.37. The van der Waals surface area contributed by atoms with Crippen molar-refractivity contribution in [3.63, 3.8) is 0 Å². The molecule has 100 valence electrons. The lowest BCUT2D eigenvalue weighted by Gasteiger charge is -2.29. The maximum Gasteiger partial charge on any atom is 0.123 e. The summed E-state index contributed by atoms with van der Waals surface area (Å²) in [5, 5.41) is 10.2. The molecule has 3 atom stereocenters. The molecule has 1 fully saturated rings. The van der Waals surface area contributed by atoms with E-state index in [0.717, 1.165) is 31.4 Å². The molecule has 0 saturated heterocycles. The smallest absolute Gasteiger partial charge is 0.123 e. The number of para-hydroxylation sites is 1. The minimum absolute atomic E-state index is 0.208. The number of benzene rings is 1. The summed E-state index contributed by atoms with van der Waals surface area (Å²) in [4.78, 5) is 0. The molecule has 0 radical (unpaired) electrons. The van der Waals surface area contributed by atoms with Crippen molar-refractivity contribution in [2.75, 3.05) is 0 Å². The summed E-state index contributed by atoms with van der Waals surface area (Å²) in [6, 6.07) is 8.19. The van der Waals surface area contributed by atoms with Crippen molar-refractivity contribution in [2.24, 2.45) is 0 Å². The highest BCUT2D eigenvalue weighted by atomic mass is 16.5. The maximum atomic E-state index is 10.2. The second kappa shape index (κ2) is 6.24. The van der Waals surface area contributed by atoms with Crippen LogP contribution in [0, 0.1) is 0 Å². The third kappa shape index (κ3) is 3.05. The molecule has 0 bridgehead atoms. The summed E-state index contributed by atoms with van der Waals surface area (Å²) in [7, 11) is 0. The monoisotopic (exact) mass is 248 g/mol.